The second-order valence-electron chi connectivity index (χ2n) is 5.95. The van der Waals surface area contributed by atoms with E-state index in [1.165, 1.54) is 83.0 Å². The largest absolute Gasteiger partial charge is 0.357 e. The van der Waals surface area contributed by atoms with Gasteiger partial charge in [-0.15, -0.1) is 0 Å². The molecule has 0 aromatic rings. The van der Waals surface area contributed by atoms with Gasteiger partial charge in [0.05, 0.1) is 5.84 Å². The molecule has 0 aromatic carbocycles. The molecule has 104 valence electrons. The molecule has 1 saturated heterocycles. The first-order valence-corrected chi connectivity index (χ1v) is 8.22. The maximum atomic E-state index is 4.76. The summed E-state index contributed by atoms with van der Waals surface area (Å²) in [5.41, 5.74) is 0. The van der Waals surface area contributed by atoms with E-state index in [1.54, 1.807) is 0 Å². The minimum absolute atomic E-state index is 0.813. The molecule has 18 heavy (non-hydrogen) atoms. The monoisotopic (exact) mass is 250 g/mol. The number of nitrogens with zero attached hydrogens (tertiary/aromatic N) is 2. The SMILES string of the molecule is CCCCCCCC1CCCCC2=NCCCN21. The molecular weight excluding hydrogens is 220 g/mol. The van der Waals surface area contributed by atoms with E-state index in [0.29, 0.717) is 0 Å². The van der Waals surface area contributed by atoms with E-state index < -0.39 is 0 Å². The second kappa shape index (κ2) is 7.81. The van der Waals surface area contributed by atoms with Crippen LogP contribution >= 0.6 is 0 Å². The van der Waals surface area contributed by atoms with Gasteiger partial charge in [0.1, 0.15) is 0 Å². The van der Waals surface area contributed by atoms with Crippen LogP contribution in [0.1, 0.15) is 77.6 Å². The van der Waals surface area contributed by atoms with Crippen LogP contribution in [0.5, 0.6) is 0 Å². The van der Waals surface area contributed by atoms with E-state index in [1.807, 2.05) is 0 Å². The van der Waals surface area contributed by atoms with Gasteiger partial charge in [-0.25, -0.2) is 0 Å². The lowest BCUT2D eigenvalue weighted by molar-refractivity contribution is 0.265. The molecule has 2 rings (SSSR count). The first kappa shape index (κ1) is 13.9. The number of aliphatic imine (C=N–C) groups is 1. The van der Waals surface area contributed by atoms with Crippen LogP contribution in [0.3, 0.4) is 0 Å². The van der Waals surface area contributed by atoms with Crippen molar-refractivity contribution >= 4 is 5.84 Å². The van der Waals surface area contributed by atoms with Gasteiger partial charge in [-0.1, -0.05) is 45.4 Å². The van der Waals surface area contributed by atoms with Crippen molar-refractivity contribution in [1.29, 1.82) is 0 Å². The van der Waals surface area contributed by atoms with E-state index in [0.717, 1.165) is 12.6 Å². The Morgan fingerprint density at radius 2 is 2.00 bits per heavy atom. The Morgan fingerprint density at radius 3 is 2.89 bits per heavy atom. The highest BCUT2D eigenvalue weighted by atomic mass is 15.2. The first-order chi connectivity index (χ1) is 8.92. The fourth-order valence-corrected chi connectivity index (χ4v) is 3.39. The summed E-state index contributed by atoms with van der Waals surface area (Å²) in [6.07, 6.45) is 15.2. The van der Waals surface area contributed by atoms with Gasteiger partial charge in [-0.2, -0.15) is 0 Å². The van der Waals surface area contributed by atoms with Gasteiger partial charge in [-0.3, -0.25) is 4.99 Å². The van der Waals surface area contributed by atoms with Crippen LogP contribution in [0.2, 0.25) is 0 Å². The van der Waals surface area contributed by atoms with Gasteiger partial charge < -0.3 is 4.90 Å². The van der Waals surface area contributed by atoms with Crippen LogP contribution in [0.15, 0.2) is 4.99 Å². The molecule has 0 radical (unpaired) electrons. The highest BCUT2D eigenvalue weighted by molar-refractivity contribution is 5.83. The average molecular weight is 250 g/mol. The van der Waals surface area contributed by atoms with E-state index in [2.05, 4.69) is 11.8 Å². The number of hydrogen-bond acceptors (Lipinski definition) is 2. The summed E-state index contributed by atoms with van der Waals surface area (Å²) in [4.78, 5) is 7.42. The molecule has 1 atom stereocenters. The smallest absolute Gasteiger partial charge is 0.0991 e. The summed E-state index contributed by atoms with van der Waals surface area (Å²) >= 11 is 0. The molecule has 1 fully saturated rings. The Labute approximate surface area is 113 Å². The molecular formula is C16H30N2. The van der Waals surface area contributed by atoms with Crippen LogP contribution in [0.4, 0.5) is 0 Å². The summed E-state index contributed by atoms with van der Waals surface area (Å²) < 4.78 is 0. The van der Waals surface area contributed by atoms with Crippen LogP contribution in [0, 0.1) is 0 Å². The lowest BCUT2D eigenvalue weighted by Gasteiger charge is -2.35. The molecule has 0 spiro atoms. The third kappa shape index (κ3) is 4.00. The highest BCUT2D eigenvalue weighted by Gasteiger charge is 2.25. The van der Waals surface area contributed by atoms with Crippen LogP contribution in [-0.2, 0) is 0 Å². The zero-order chi connectivity index (χ0) is 12.6. The quantitative estimate of drug-likeness (QED) is 0.638. The zero-order valence-corrected chi connectivity index (χ0v) is 12.2. The summed E-state index contributed by atoms with van der Waals surface area (Å²) in [5, 5.41) is 0. The number of fused-ring (bicyclic) bond motifs is 1. The predicted octanol–water partition coefficient (Wildman–Crippen LogP) is 4.39. The van der Waals surface area contributed by atoms with E-state index in [-0.39, 0.29) is 0 Å². The van der Waals surface area contributed by atoms with E-state index in [4.69, 9.17) is 4.99 Å². The lowest BCUT2D eigenvalue weighted by Crippen LogP contribution is -2.42. The van der Waals surface area contributed by atoms with Crippen molar-refractivity contribution in [3.63, 3.8) is 0 Å². The molecule has 2 aliphatic rings. The second-order valence-corrected chi connectivity index (χ2v) is 5.95. The molecule has 2 nitrogen and oxygen atoms in total. The van der Waals surface area contributed by atoms with Gasteiger partial charge in [0.2, 0.25) is 0 Å². The number of unbranched alkanes of at least 4 members (excludes halogenated alkanes) is 4. The highest BCUT2D eigenvalue weighted by Crippen LogP contribution is 2.25. The summed E-state index contributed by atoms with van der Waals surface area (Å²) in [6.45, 7) is 4.65. The Morgan fingerprint density at radius 1 is 1.11 bits per heavy atom. The lowest BCUT2D eigenvalue weighted by atomic mass is 10.0. The van der Waals surface area contributed by atoms with Crippen molar-refractivity contribution in [2.24, 2.45) is 4.99 Å². The molecule has 0 bridgehead atoms. The zero-order valence-electron chi connectivity index (χ0n) is 12.2. The molecule has 2 heterocycles. The fraction of sp³-hybridized carbons (Fsp3) is 0.938. The Balaban J connectivity index is 1.78. The van der Waals surface area contributed by atoms with Crippen LogP contribution in [-0.4, -0.2) is 29.9 Å². The van der Waals surface area contributed by atoms with E-state index in [9.17, 15) is 0 Å². The third-order valence-corrected chi connectivity index (χ3v) is 4.45. The maximum Gasteiger partial charge on any atom is 0.0991 e. The maximum absolute atomic E-state index is 4.76. The standard InChI is InChI=1S/C16H30N2/c1-2-3-4-5-6-10-15-11-7-8-12-16-17-13-9-14-18(15)16/h15H,2-14H2,1H3. The van der Waals surface area contributed by atoms with Crippen LogP contribution in [0.25, 0.3) is 0 Å². The summed E-state index contributed by atoms with van der Waals surface area (Å²) in [6, 6.07) is 0.813. The average Bonchev–Trinajstić information content (AvgIpc) is 2.61. The number of hydrogen-bond donors (Lipinski definition) is 0. The van der Waals surface area contributed by atoms with Crippen molar-refractivity contribution in [2.45, 2.75) is 83.6 Å². The Hall–Kier alpha value is -0.530. The van der Waals surface area contributed by atoms with Gasteiger partial charge in [-0.05, 0) is 25.7 Å². The summed E-state index contributed by atoms with van der Waals surface area (Å²) in [7, 11) is 0. The minimum atomic E-state index is 0.813. The van der Waals surface area contributed by atoms with Gasteiger partial charge >= 0.3 is 0 Å². The molecule has 0 saturated carbocycles. The molecule has 2 aliphatic heterocycles. The Bertz CT molecular complexity index is 260. The Kier molecular flexibility index (Phi) is 6.02. The minimum Gasteiger partial charge on any atom is -0.357 e. The van der Waals surface area contributed by atoms with E-state index >= 15 is 0 Å². The first-order valence-electron chi connectivity index (χ1n) is 8.22. The van der Waals surface area contributed by atoms with Gasteiger partial charge in [0.25, 0.3) is 0 Å². The van der Waals surface area contributed by atoms with Gasteiger partial charge in [0.15, 0.2) is 0 Å². The number of amidine groups is 1. The summed E-state index contributed by atoms with van der Waals surface area (Å²) in [5.74, 6) is 1.44. The van der Waals surface area contributed by atoms with Crippen molar-refractivity contribution in [3.8, 4) is 0 Å². The number of rotatable bonds is 6. The van der Waals surface area contributed by atoms with Crippen molar-refractivity contribution < 1.29 is 0 Å². The third-order valence-electron chi connectivity index (χ3n) is 4.45. The van der Waals surface area contributed by atoms with Crippen LogP contribution < -0.4 is 0 Å². The fourth-order valence-electron chi connectivity index (χ4n) is 3.39. The normalized spacial score (nSPS) is 24.4. The molecule has 0 aromatic heterocycles. The molecule has 0 N–H and O–H groups in total. The molecule has 0 amide bonds. The van der Waals surface area contributed by atoms with Crippen molar-refractivity contribution in [3.05, 3.63) is 0 Å². The molecule has 0 aliphatic carbocycles. The molecule has 1 unspecified atom stereocenters. The molecule has 2 heteroatoms. The van der Waals surface area contributed by atoms with Crippen molar-refractivity contribution in [1.82, 2.24) is 4.90 Å². The topological polar surface area (TPSA) is 15.6 Å². The predicted molar refractivity (Wildman–Crippen MR) is 79.3 cm³/mol. The van der Waals surface area contributed by atoms with Crippen molar-refractivity contribution in [2.75, 3.05) is 13.1 Å². The van der Waals surface area contributed by atoms with Gasteiger partial charge in [0, 0.05) is 25.6 Å².